The molecule has 1 aromatic heterocycles. The zero-order chi connectivity index (χ0) is 19.3. The van der Waals surface area contributed by atoms with Gasteiger partial charge in [-0.3, -0.25) is 0 Å². The highest BCUT2D eigenvalue weighted by Gasteiger charge is 2.21. The Morgan fingerprint density at radius 3 is 2.50 bits per heavy atom. The molecule has 0 amide bonds. The molecule has 4 rings (SSSR count). The lowest BCUT2D eigenvalue weighted by Gasteiger charge is -2.26. The van der Waals surface area contributed by atoms with Crippen LogP contribution in [0.2, 0.25) is 0 Å². The minimum atomic E-state index is -0.154. The van der Waals surface area contributed by atoms with Crippen molar-refractivity contribution in [2.45, 2.75) is 25.6 Å². The summed E-state index contributed by atoms with van der Waals surface area (Å²) in [5.41, 5.74) is 0.935. The zero-order valence-electron chi connectivity index (χ0n) is 15.4. The Kier molecular flexibility index (Phi) is 6.01. The molecule has 1 aliphatic rings. The summed E-state index contributed by atoms with van der Waals surface area (Å²) >= 11 is 6.94. The largest absolute Gasteiger partial charge is 0.457 e. The summed E-state index contributed by atoms with van der Waals surface area (Å²) < 4.78 is 8.45. The van der Waals surface area contributed by atoms with Crippen LogP contribution in [0.15, 0.2) is 54.6 Å². The normalized spacial score (nSPS) is 19.3. The Labute approximate surface area is 173 Å². The molecular formula is C20H23N4O2S2+. The number of aliphatic hydroxyl groups is 1. The van der Waals surface area contributed by atoms with Crippen LogP contribution in [0.25, 0.3) is 0 Å². The molecule has 3 aromatic rings. The van der Waals surface area contributed by atoms with Crippen LogP contribution in [0.4, 0.5) is 10.8 Å². The molecule has 0 saturated carbocycles. The van der Waals surface area contributed by atoms with Crippen molar-refractivity contribution in [3.05, 3.63) is 58.6 Å². The van der Waals surface area contributed by atoms with Crippen molar-refractivity contribution in [2.24, 2.45) is 0 Å². The van der Waals surface area contributed by atoms with Gasteiger partial charge in [-0.2, -0.15) is 4.68 Å². The summed E-state index contributed by atoms with van der Waals surface area (Å²) in [6.45, 7) is 2.64. The quantitative estimate of drug-likeness (QED) is 0.540. The van der Waals surface area contributed by atoms with E-state index in [9.17, 15) is 5.11 Å². The lowest BCUT2D eigenvalue weighted by molar-refractivity contribution is -0.929. The number of likely N-dealkylation sites (tertiary alicyclic amines) is 1. The number of aliphatic hydroxyl groups excluding tert-OH is 1. The molecule has 0 radical (unpaired) electrons. The van der Waals surface area contributed by atoms with E-state index in [1.165, 1.54) is 16.2 Å². The van der Waals surface area contributed by atoms with Gasteiger partial charge in [0.25, 0.3) is 0 Å². The fourth-order valence-electron chi connectivity index (χ4n) is 3.19. The van der Waals surface area contributed by atoms with E-state index in [-0.39, 0.29) is 6.10 Å². The Balaban J connectivity index is 1.37. The summed E-state index contributed by atoms with van der Waals surface area (Å²) in [6.07, 6.45) is 1.53. The van der Waals surface area contributed by atoms with Crippen molar-refractivity contribution in [3.8, 4) is 11.5 Å². The monoisotopic (exact) mass is 415 g/mol. The predicted molar refractivity (Wildman–Crippen MR) is 113 cm³/mol. The van der Waals surface area contributed by atoms with E-state index in [2.05, 4.69) is 10.4 Å². The number of para-hydroxylation sites is 1. The van der Waals surface area contributed by atoms with E-state index < -0.39 is 0 Å². The number of anilines is 2. The molecule has 8 heteroatoms. The Bertz CT molecular complexity index is 948. The third kappa shape index (κ3) is 4.96. The summed E-state index contributed by atoms with van der Waals surface area (Å²) in [4.78, 5) is 1.40. The van der Waals surface area contributed by atoms with Crippen molar-refractivity contribution in [2.75, 3.05) is 18.4 Å². The summed E-state index contributed by atoms with van der Waals surface area (Å²) in [6, 6.07) is 17.5. The number of nitrogens with one attached hydrogen (secondary N) is 2. The van der Waals surface area contributed by atoms with Crippen molar-refractivity contribution in [1.29, 1.82) is 0 Å². The number of nitrogens with zero attached hydrogens (tertiary/aromatic N) is 2. The number of piperidine rings is 1. The fraction of sp³-hybridized carbons (Fsp3) is 0.300. The van der Waals surface area contributed by atoms with Crippen LogP contribution < -0.4 is 15.0 Å². The Morgan fingerprint density at radius 2 is 1.79 bits per heavy atom. The second-order valence-corrected chi connectivity index (χ2v) is 8.50. The standard InChI is InChI=1S/C20H22N4O2S2/c25-16-10-12-23(13-11-16)14-24-20(27)28-19(22-24)21-15-6-8-18(9-7-15)26-17-4-2-1-3-5-17/h1-9,16,25H,10-14H2,(H,21,22)/p+1. The highest BCUT2D eigenvalue weighted by Crippen LogP contribution is 2.25. The first-order valence-electron chi connectivity index (χ1n) is 9.35. The molecule has 0 bridgehead atoms. The van der Waals surface area contributed by atoms with Crippen molar-refractivity contribution < 1.29 is 14.7 Å². The van der Waals surface area contributed by atoms with Gasteiger partial charge in [0.2, 0.25) is 5.13 Å². The molecule has 6 nitrogen and oxygen atoms in total. The zero-order valence-corrected chi connectivity index (χ0v) is 17.0. The van der Waals surface area contributed by atoms with E-state index >= 15 is 0 Å². The first-order chi connectivity index (χ1) is 13.7. The SMILES string of the molecule is OC1CC[NH+](Cn2nc(Nc3ccc(Oc4ccccc4)cc3)sc2=S)CC1. The maximum atomic E-state index is 9.64. The van der Waals surface area contributed by atoms with Crippen LogP contribution >= 0.6 is 23.6 Å². The average Bonchev–Trinajstić information content (AvgIpc) is 3.05. The molecule has 1 fully saturated rings. The minimum Gasteiger partial charge on any atom is -0.457 e. The second-order valence-electron chi connectivity index (χ2n) is 6.88. The maximum Gasteiger partial charge on any atom is 0.209 e. The Hall–Kier alpha value is -2.26. The number of benzene rings is 2. The highest BCUT2D eigenvalue weighted by atomic mass is 32.1. The topological polar surface area (TPSA) is 63.8 Å². The van der Waals surface area contributed by atoms with Crippen LogP contribution in [0.3, 0.4) is 0 Å². The molecule has 3 N–H and O–H groups in total. The van der Waals surface area contributed by atoms with Crippen LogP contribution in [0.1, 0.15) is 12.8 Å². The smallest absolute Gasteiger partial charge is 0.209 e. The number of hydrogen-bond acceptors (Lipinski definition) is 6. The summed E-state index contributed by atoms with van der Waals surface area (Å²) in [5, 5.41) is 18.4. The van der Waals surface area contributed by atoms with Gasteiger partial charge in [0.15, 0.2) is 10.6 Å². The van der Waals surface area contributed by atoms with Crippen LogP contribution in [0, 0.1) is 3.95 Å². The number of ether oxygens (including phenoxy) is 1. The third-order valence-corrected chi connectivity index (χ3v) is 5.95. The first kappa shape index (κ1) is 19.1. The summed E-state index contributed by atoms with van der Waals surface area (Å²) in [7, 11) is 0. The number of aromatic nitrogens is 2. The van der Waals surface area contributed by atoms with Gasteiger partial charge in [-0.25, -0.2) is 0 Å². The van der Waals surface area contributed by atoms with E-state index in [1.807, 2.05) is 59.3 Å². The molecule has 2 heterocycles. The van der Waals surface area contributed by atoms with Crippen LogP contribution in [-0.2, 0) is 6.67 Å². The number of rotatable bonds is 6. The Morgan fingerprint density at radius 1 is 1.11 bits per heavy atom. The molecule has 0 unspecified atom stereocenters. The van der Waals surface area contributed by atoms with Crippen LogP contribution in [-0.4, -0.2) is 34.1 Å². The minimum absolute atomic E-state index is 0.154. The summed E-state index contributed by atoms with van der Waals surface area (Å²) in [5.74, 6) is 1.60. The van der Waals surface area contributed by atoms with Gasteiger partial charge in [0, 0.05) is 18.5 Å². The number of quaternary nitrogens is 1. The van der Waals surface area contributed by atoms with Crippen molar-refractivity contribution in [1.82, 2.24) is 9.78 Å². The van der Waals surface area contributed by atoms with Crippen molar-refractivity contribution in [3.63, 3.8) is 0 Å². The molecule has 28 heavy (non-hydrogen) atoms. The highest BCUT2D eigenvalue weighted by molar-refractivity contribution is 7.73. The second kappa shape index (κ2) is 8.83. The third-order valence-electron chi connectivity index (χ3n) is 4.73. The number of hydrogen-bond donors (Lipinski definition) is 3. The average molecular weight is 416 g/mol. The predicted octanol–water partition coefficient (Wildman–Crippen LogP) is 3.21. The van der Waals surface area contributed by atoms with E-state index in [1.54, 1.807) is 0 Å². The molecule has 1 saturated heterocycles. The van der Waals surface area contributed by atoms with Crippen molar-refractivity contribution >= 4 is 34.4 Å². The molecule has 0 spiro atoms. The van der Waals surface area contributed by atoms with E-state index in [0.717, 1.165) is 58.9 Å². The van der Waals surface area contributed by atoms with Crippen LogP contribution in [0.5, 0.6) is 11.5 Å². The van der Waals surface area contributed by atoms with Gasteiger partial charge < -0.3 is 20.1 Å². The van der Waals surface area contributed by atoms with Gasteiger partial charge >= 0.3 is 0 Å². The molecule has 1 aliphatic heterocycles. The lowest BCUT2D eigenvalue weighted by Crippen LogP contribution is -3.12. The molecule has 2 aromatic carbocycles. The lowest BCUT2D eigenvalue weighted by atomic mass is 10.1. The van der Waals surface area contributed by atoms with Gasteiger partial charge in [0.05, 0.1) is 19.2 Å². The fourth-order valence-corrected chi connectivity index (χ4v) is 4.22. The van der Waals surface area contributed by atoms with Gasteiger partial charge in [-0.05, 0) is 48.6 Å². The van der Waals surface area contributed by atoms with E-state index in [0.29, 0.717) is 0 Å². The van der Waals surface area contributed by atoms with Gasteiger partial charge in [0.1, 0.15) is 11.5 Å². The molecule has 146 valence electrons. The van der Waals surface area contributed by atoms with Gasteiger partial charge in [-0.1, -0.05) is 29.5 Å². The molecule has 0 atom stereocenters. The van der Waals surface area contributed by atoms with Gasteiger partial charge in [-0.15, -0.1) is 5.10 Å². The molecular weight excluding hydrogens is 392 g/mol. The maximum absolute atomic E-state index is 9.64. The van der Waals surface area contributed by atoms with E-state index in [4.69, 9.17) is 17.0 Å². The molecule has 0 aliphatic carbocycles. The first-order valence-corrected chi connectivity index (χ1v) is 10.6.